The molecule has 0 aliphatic carbocycles. The van der Waals surface area contributed by atoms with Crippen LogP contribution in [0.5, 0.6) is 0 Å². The molecule has 0 rings (SSSR count). The van der Waals surface area contributed by atoms with E-state index in [1.54, 1.807) is 7.11 Å². The lowest BCUT2D eigenvalue weighted by Gasteiger charge is -2.27. The number of ether oxygens (including phenoxy) is 1. The van der Waals surface area contributed by atoms with Gasteiger partial charge in [-0.1, -0.05) is 40.0 Å². The minimum Gasteiger partial charge on any atom is -0.385 e. The Bertz CT molecular complexity index is 255. The lowest BCUT2D eigenvalue weighted by atomic mass is 9.86. The van der Waals surface area contributed by atoms with E-state index in [0.29, 0.717) is 13.2 Å². The van der Waals surface area contributed by atoms with Crippen molar-refractivity contribution in [3.8, 4) is 0 Å². The van der Waals surface area contributed by atoms with Gasteiger partial charge in [0.05, 0.1) is 6.04 Å². The van der Waals surface area contributed by atoms with Crippen molar-refractivity contribution in [2.75, 3.05) is 26.8 Å². The lowest BCUT2D eigenvalue weighted by Crippen LogP contribution is -2.45. The number of amides is 1. The summed E-state index contributed by atoms with van der Waals surface area (Å²) in [6.07, 6.45) is 5.87. The first-order chi connectivity index (χ1) is 9.43. The summed E-state index contributed by atoms with van der Waals surface area (Å²) in [5, 5.41) is 6.27. The highest BCUT2D eigenvalue weighted by atomic mass is 16.5. The second kappa shape index (κ2) is 11.1. The fraction of sp³-hybridized carbons (Fsp3) is 0.938. The maximum absolute atomic E-state index is 11.9. The van der Waals surface area contributed by atoms with E-state index in [-0.39, 0.29) is 17.4 Å². The predicted octanol–water partition coefficient (Wildman–Crippen LogP) is 2.72. The third kappa shape index (κ3) is 10.2. The van der Waals surface area contributed by atoms with E-state index in [2.05, 4.69) is 31.4 Å². The van der Waals surface area contributed by atoms with Crippen molar-refractivity contribution in [3.05, 3.63) is 0 Å². The molecule has 0 radical (unpaired) electrons. The van der Waals surface area contributed by atoms with Crippen molar-refractivity contribution < 1.29 is 9.53 Å². The number of carbonyl (C=O) groups is 1. The monoisotopic (exact) mass is 286 g/mol. The highest BCUT2D eigenvalue weighted by molar-refractivity contribution is 5.81. The van der Waals surface area contributed by atoms with Crippen LogP contribution < -0.4 is 10.6 Å². The quantitative estimate of drug-likeness (QED) is 0.542. The van der Waals surface area contributed by atoms with Crippen molar-refractivity contribution in [1.29, 1.82) is 0 Å². The zero-order valence-corrected chi connectivity index (χ0v) is 14.1. The van der Waals surface area contributed by atoms with Gasteiger partial charge in [-0.15, -0.1) is 0 Å². The van der Waals surface area contributed by atoms with E-state index in [1.807, 2.05) is 6.92 Å². The Kier molecular flexibility index (Phi) is 10.8. The van der Waals surface area contributed by atoms with Crippen molar-refractivity contribution in [1.82, 2.24) is 10.6 Å². The SMILES string of the molecule is CCCCCC(C)(C)CNC(C)C(=O)NCCCOC. The zero-order chi connectivity index (χ0) is 15.4. The molecule has 0 heterocycles. The van der Waals surface area contributed by atoms with Gasteiger partial charge >= 0.3 is 0 Å². The maximum Gasteiger partial charge on any atom is 0.236 e. The summed E-state index contributed by atoms with van der Waals surface area (Å²) in [4.78, 5) is 11.9. The number of rotatable bonds is 12. The molecule has 1 atom stereocenters. The van der Waals surface area contributed by atoms with E-state index < -0.39 is 0 Å². The molecule has 0 aliphatic heterocycles. The maximum atomic E-state index is 11.9. The largest absolute Gasteiger partial charge is 0.385 e. The van der Waals surface area contributed by atoms with Gasteiger partial charge in [0.1, 0.15) is 0 Å². The van der Waals surface area contributed by atoms with Crippen LogP contribution in [0.25, 0.3) is 0 Å². The van der Waals surface area contributed by atoms with Crippen molar-refractivity contribution in [3.63, 3.8) is 0 Å². The Hall–Kier alpha value is -0.610. The average Bonchev–Trinajstić information content (AvgIpc) is 2.41. The van der Waals surface area contributed by atoms with E-state index in [1.165, 1.54) is 25.7 Å². The van der Waals surface area contributed by atoms with E-state index in [0.717, 1.165) is 13.0 Å². The Labute approximate surface area is 125 Å². The molecule has 120 valence electrons. The molecule has 2 N–H and O–H groups in total. The third-order valence-electron chi connectivity index (χ3n) is 3.56. The second-order valence-corrected chi connectivity index (χ2v) is 6.36. The van der Waals surface area contributed by atoms with E-state index in [9.17, 15) is 4.79 Å². The Morgan fingerprint density at radius 1 is 1.25 bits per heavy atom. The number of hydrogen-bond donors (Lipinski definition) is 2. The molecule has 0 aromatic carbocycles. The van der Waals surface area contributed by atoms with Crippen LogP contribution in [0.1, 0.15) is 59.8 Å². The summed E-state index contributed by atoms with van der Waals surface area (Å²) in [6, 6.07) is -0.136. The number of unbranched alkanes of at least 4 members (excludes halogenated alkanes) is 2. The van der Waals surface area contributed by atoms with Crippen LogP contribution in [0.4, 0.5) is 0 Å². The van der Waals surface area contributed by atoms with Crippen LogP contribution in [0.3, 0.4) is 0 Å². The molecule has 0 aliphatic rings. The number of methoxy groups -OCH3 is 1. The molecular formula is C16H34N2O2. The zero-order valence-electron chi connectivity index (χ0n) is 14.1. The first kappa shape index (κ1) is 19.4. The Morgan fingerprint density at radius 3 is 2.55 bits per heavy atom. The van der Waals surface area contributed by atoms with E-state index in [4.69, 9.17) is 4.74 Å². The molecule has 0 aromatic rings. The molecule has 0 saturated heterocycles. The molecule has 0 saturated carbocycles. The highest BCUT2D eigenvalue weighted by Crippen LogP contribution is 2.22. The number of carbonyl (C=O) groups excluding carboxylic acids is 1. The molecule has 0 bridgehead atoms. The topological polar surface area (TPSA) is 50.4 Å². The molecule has 0 spiro atoms. The standard InChI is InChI=1S/C16H34N2O2/c1-6-7-8-10-16(3,4)13-18-14(2)15(19)17-11-9-12-20-5/h14,18H,6-13H2,1-5H3,(H,17,19). The van der Waals surface area contributed by atoms with Gasteiger partial charge in [-0.2, -0.15) is 0 Å². The fourth-order valence-corrected chi connectivity index (χ4v) is 2.05. The third-order valence-corrected chi connectivity index (χ3v) is 3.56. The summed E-state index contributed by atoms with van der Waals surface area (Å²) in [7, 11) is 1.67. The van der Waals surface area contributed by atoms with Gasteiger partial charge in [0, 0.05) is 26.8 Å². The molecule has 4 nitrogen and oxygen atoms in total. The predicted molar refractivity (Wildman–Crippen MR) is 84.9 cm³/mol. The number of hydrogen-bond acceptors (Lipinski definition) is 3. The molecular weight excluding hydrogens is 252 g/mol. The normalized spacial score (nSPS) is 13.2. The molecule has 20 heavy (non-hydrogen) atoms. The first-order valence-electron chi connectivity index (χ1n) is 7.93. The smallest absolute Gasteiger partial charge is 0.236 e. The summed E-state index contributed by atoms with van der Waals surface area (Å²) in [6.45, 7) is 10.9. The van der Waals surface area contributed by atoms with Gasteiger partial charge in [-0.3, -0.25) is 4.79 Å². The summed E-state index contributed by atoms with van der Waals surface area (Å²) in [5.74, 6) is 0.0745. The second-order valence-electron chi connectivity index (χ2n) is 6.36. The fourth-order valence-electron chi connectivity index (χ4n) is 2.05. The van der Waals surface area contributed by atoms with E-state index >= 15 is 0 Å². The molecule has 0 aromatic heterocycles. The van der Waals surface area contributed by atoms with Gasteiger partial charge in [-0.25, -0.2) is 0 Å². The van der Waals surface area contributed by atoms with Gasteiger partial charge < -0.3 is 15.4 Å². The molecule has 1 unspecified atom stereocenters. The molecule has 1 amide bonds. The van der Waals surface area contributed by atoms with Crippen molar-refractivity contribution in [2.45, 2.75) is 65.8 Å². The van der Waals surface area contributed by atoms with Gasteiger partial charge in [0.25, 0.3) is 0 Å². The van der Waals surface area contributed by atoms with Gasteiger partial charge in [0.15, 0.2) is 0 Å². The van der Waals surface area contributed by atoms with Gasteiger partial charge in [0.2, 0.25) is 5.91 Å². The molecule has 0 fully saturated rings. The lowest BCUT2D eigenvalue weighted by molar-refractivity contribution is -0.122. The van der Waals surface area contributed by atoms with Crippen LogP contribution in [0.15, 0.2) is 0 Å². The number of nitrogens with one attached hydrogen (secondary N) is 2. The Morgan fingerprint density at radius 2 is 1.95 bits per heavy atom. The van der Waals surface area contributed by atoms with Crippen LogP contribution in [-0.4, -0.2) is 38.8 Å². The van der Waals surface area contributed by atoms with Crippen LogP contribution in [0.2, 0.25) is 0 Å². The minimum absolute atomic E-state index is 0.0745. The van der Waals surface area contributed by atoms with Crippen molar-refractivity contribution >= 4 is 5.91 Å². The highest BCUT2D eigenvalue weighted by Gasteiger charge is 2.20. The van der Waals surface area contributed by atoms with Gasteiger partial charge in [-0.05, 0) is 25.2 Å². The average molecular weight is 286 g/mol. The molecule has 4 heteroatoms. The van der Waals surface area contributed by atoms with Crippen LogP contribution in [0, 0.1) is 5.41 Å². The Balaban J connectivity index is 3.83. The minimum atomic E-state index is -0.136. The first-order valence-corrected chi connectivity index (χ1v) is 7.93. The summed E-state index contributed by atoms with van der Waals surface area (Å²) in [5.41, 5.74) is 0.250. The summed E-state index contributed by atoms with van der Waals surface area (Å²) < 4.78 is 4.96. The van der Waals surface area contributed by atoms with Crippen molar-refractivity contribution in [2.24, 2.45) is 5.41 Å². The van der Waals surface area contributed by atoms with Crippen LogP contribution in [-0.2, 0) is 9.53 Å². The summed E-state index contributed by atoms with van der Waals surface area (Å²) >= 11 is 0. The van der Waals surface area contributed by atoms with Crippen LogP contribution >= 0.6 is 0 Å².